The third-order valence-corrected chi connectivity index (χ3v) is 3.58. The minimum Gasteiger partial charge on any atom is -0.456 e. The van der Waals surface area contributed by atoms with E-state index in [0.29, 0.717) is 18.3 Å². The minimum absolute atomic E-state index is 0.0171. The lowest BCUT2D eigenvalue weighted by Crippen LogP contribution is -2.40. The molecular weight excluding hydrogens is 228 g/mol. The molecule has 100 valence electrons. The summed E-state index contributed by atoms with van der Waals surface area (Å²) in [5, 5.41) is 0. The predicted molar refractivity (Wildman–Crippen MR) is 70.4 cm³/mol. The molecule has 2 N–H and O–H groups in total. The van der Waals surface area contributed by atoms with Crippen molar-refractivity contribution in [3.63, 3.8) is 0 Å². The first-order valence-electron chi connectivity index (χ1n) is 6.80. The summed E-state index contributed by atoms with van der Waals surface area (Å²) in [5.41, 5.74) is 5.56. The first-order valence-corrected chi connectivity index (χ1v) is 6.80. The van der Waals surface area contributed by atoms with Crippen LogP contribution in [0.4, 0.5) is 0 Å². The van der Waals surface area contributed by atoms with E-state index in [4.69, 9.17) is 10.2 Å². The van der Waals surface area contributed by atoms with Crippen molar-refractivity contribution in [1.82, 2.24) is 4.90 Å². The number of aryl methyl sites for hydroxylation is 1. The van der Waals surface area contributed by atoms with Gasteiger partial charge >= 0.3 is 0 Å². The Bertz CT molecular complexity index is 394. The Balaban J connectivity index is 2.09. The highest BCUT2D eigenvalue weighted by atomic mass is 16.3. The molecule has 2 rings (SSSR count). The quantitative estimate of drug-likeness (QED) is 0.872. The average Bonchev–Trinajstić information content (AvgIpc) is 3.00. The number of carbonyl (C=O) groups excluding carboxylic acids is 1. The topological polar surface area (TPSA) is 59.5 Å². The van der Waals surface area contributed by atoms with Gasteiger partial charge in [0.1, 0.15) is 5.76 Å². The number of hydrogen-bond donors (Lipinski definition) is 1. The molecule has 1 heterocycles. The maximum absolute atomic E-state index is 12.4. The van der Waals surface area contributed by atoms with E-state index in [1.807, 2.05) is 17.9 Å². The van der Waals surface area contributed by atoms with E-state index in [1.54, 1.807) is 6.07 Å². The molecule has 0 aliphatic heterocycles. The summed E-state index contributed by atoms with van der Waals surface area (Å²) in [6, 6.07) is 3.97. The molecule has 4 heteroatoms. The van der Waals surface area contributed by atoms with E-state index in [1.165, 1.54) is 12.8 Å². The van der Waals surface area contributed by atoms with Crippen LogP contribution in [0.25, 0.3) is 0 Å². The smallest absolute Gasteiger partial charge is 0.289 e. The molecule has 0 spiro atoms. The van der Waals surface area contributed by atoms with Gasteiger partial charge in [-0.2, -0.15) is 0 Å². The third kappa shape index (κ3) is 2.93. The van der Waals surface area contributed by atoms with Gasteiger partial charge in [0.15, 0.2) is 5.76 Å². The molecular formula is C14H22N2O2. The van der Waals surface area contributed by atoms with Crippen LogP contribution in [-0.2, 0) is 0 Å². The molecule has 0 aromatic carbocycles. The molecule has 1 aliphatic rings. The zero-order valence-corrected chi connectivity index (χ0v) is 11.0. The molecule has 0 saturated heterocycles. The fraction of sp³-hybridized carbons (Fsp3) is 0.643. The van der Waals surface area contributed by atoms with Gasteiger partial charge in [-0.05, 0) is 44.9 Å². The normalized spacial score (nSPS) is 16.1. The number of furan rings is 1. The van der Waals surface area contributed by atoms with Gasteiger partial charge in [-0.1, -0.05) is 12.8 Å². The Morgan fingerprint density at radius 1 is 1.44 bits per heavy atom. The zero-order chi connectivity index (χ0) is 13.0. The van der Waals surface area contributed by atoms with E-state index in [-0.39, 0.29) is 5.91 Å². The number of rotatable bonds is 5. The van der Waals surface area contributed by atoms with Crippen molar-refractivity contribution in [2.45, 2.75) is 45.1 Å². The summed E-state index contributed by atoms with van der Waals surface area (Å²) in [6.07, 6.45) is 5.50. The fourth-order valence-electron chi connectivity index (χ4n) is 2.62. The molecule has 1 saturated carbocycles. The van der Waals surface area contributed by atoms with Crippen molar-refractivity contribution in [2.75, 3.05) is 13.1 Å². The van der Waals surface area contributed by atoms with Gasteiger partial charge in [-0.3, -0.25) is 4.79 Å². The highest BCUT2D eigenvalue weighted by Crippen LogP contribution is 2.25. The van der Waals surface area contributed by atoms with Gasteiger partial charge in [0.25, 0.3) is 5.91 Å². The van der Waals surface area contributed by atoms with Crippen LogP contribution in [0.5, 0.6) is 0 Å². The molecule has 0 unspecified atom stereocenters. The highest BCUT2D eigenvalue weighted by molar-refractivity contribution is 5.91. The van der Waals surface area contributed by atoms with E-state index in [0.717, 1.165) is 31.6 Å². The summed E-state index contributed by atoms with van der Waals surface area (Å²) in [5.74, 6) is 1.25. The van der Waals surface area contributed by atoms with Gasteiger partial charge < -0.3 is 15.1 Å². The summed E-state index contributed by atoms with van der Waals surface area (Å²) < 4.78 is 5.44. The maximum Gasteiger partial charge on any atom is 0.289 e. The Hall–Kier alpha value is -1.29. The van der Waals surface area contributed by atoms with Crippen LogP contribution in [0.3, 0.4) is 0 Å². The lowest BCUT2D eigenvalue weighted by atomic mass is 10.2. The molecule has 1 fully saturated rings. The van der Waals surface area contributed by atoms with Crippen molar-refractivity contribution < 1.29 is 9.21 Å². The first-order chi connectivity index (χ1) is 8.72. The van der Waals surface area contributed by atoms with Gasteiger partial charge in [-0.15, -0.1) is 0 Å². The van der Waals surface area contributed by atoms with E-state index in [9.17, 15) is 4.79 Å². The summed E-state index contributed by atoms with van der Waals surface area (Å²) in [4.78, 5) is 14.4. The Morgan fingerprint density at radius 3 is 2.72 bits per heavy atom. The van der Waals surface area contributed by atoms with Crippen LogP contribution in [0, 0.1) is 6.92 Å². The zero-order valence-electron chi connectivity index (χ0n) is 11.0. The van der Waals surface area contributed by atoms with Crippen molar-refractivity contribution in [3.05, 3.63) is 23.7 Å². The van der Waals surface area contributed by atoms with Gasteiger partial charge in [0, 0.05) is 12.6 Å². The number of nitrogens with zero attached hydrogens (tertiary/aromatic N) is 1. The average molecular weight is 250 g/mol. The summed E-state index contributed by atoms with van der Waals surface area (Å²) in [6.45, 7) is 3.21. The number of amides is 1. The largest absolute Gasteiger partial charge is 0.456 e. The second-order valence-electron chi connectivity index (χ2n) is 4.99. The van der Waals surface area contributed by atoms with Gasteiger partial charge in [0.05, 0.1) is 0 Å². The first kappa shape index (κ1) is 13.1. The van der Waals surface area contributed by atoms with Crippen molar-refractivity contribution >= 4 is 5.91 Å². The van der Waals surface area contributed by atoms with Crippen LogP contribution in [0.2, 0.25) is 0 Å². The Labute approximate surface area is 108 Å². The molecule has 0 radical (unpaired) electrons. The van der Waals surface area contributed by atoms with Crippen LogP contribution in [-0.4, -0.2) is 29.9 Å². The molecule has 1 aliphatic carbocycles. The minimum atomic E-state index is 0.0171. The standard InChI is InChI=1S/C14H22N2O2/c1-11-7-8-13(18-11)14(17)16(10-4-9-15)12-5-2-3-6-12/h7-8,12H,2-6,9-10,15H2,1H3. The predicted octanol–water partition coefficient (Wildman–Crippen LogP) is 2.32. The Morgan fingerprint density at radius 2 is 2.17 bits per heavy atom. The number of carbonyl (C=O) groups is 1. The van der Waals surface area contributed by atoms with Crippen LogP contribution in [0.1, 0.15) is 48.4 Å². The lowest BCUT2D eigenvalue weighted by molar-refractivity contribution is 0.0646. The fourth-order valence-corrected chi connectivity index (χ4v) is 2.62. The number of hydrogen-bond acceptors (Lipinski definition) is 3. The molecule has 1 amide bonds. The molecule has 1 aromatic heterocycles. The molecule has 4 nitrogen and oxygen atoms in total. The van der Waals surface area contributed by atoms with Crippen LogP contribution >= 0.6 is 0 Å². The monoisotopic (exact) mass is 250 g/mol. The maximum atomic E-state index is 12.4. The SMILES string of the molecule is Cc1ccc(C(=O)N(CCCN)C2CCCC2)o1. The molecule has 18 heavy (non-hydrogen) atoms. The lowest BCUT2D eigenvalue weighted by Gasteiger charge is -2.28. The summed E-state index contributed by atoms with van der Waals surface area (Å²) in [7, 11) is 0. The second kappa shape index (κ2) is 6.05. The van der Waals surface area contributed by atoms with E-state index >= 15 is 0 Å². The molecule has 0 atom stereocenters. The third-order valence-electron chi connectivity index (χ3n) is 3.58. The van der Waals surface area contributed by atoms with E-state index < -0.39 is 0 Å². The number of nitrogens with two attached hydrogens (primary N) is 1. The van der Waals surface area contributed by atoms with Gasteiger partial charge in [0.2, 0.25) is 0 Å². The molecule has 1 aromatic rings. The second-order valence-corrected chi connectivity index (χ2v) is 4.99. The van der Waals surface area contributed by atoms with Crippen molar-refractivity contribution in [3.8, 4) is 0 Å². The van der Waals surface area contributed by atoms with E-state index in [2.05, 4.69) is 0 Å². The summed E-state index contributed by atoms with van der Waals surface area (Å²) >= 11 is 0. The van der Waals surface area contributed by atoms with Crippen LogP contribution in [0.15, 0.2) is 16.5 Å². The Kier molecular flexibility index (Phi) is 4.42. The van der Waals surface area contributed by atoms with Gasteiger partial charge in [-0.25, -0.2) is 0 Å². The highest BCUT2D eigenvalue weighted by Gasteiger charge is 2.28. The van der Waals surface area contributed by atoms with Crippen molar-refractivity contribution in [2.24, 2.45) is 5.73 Å². The van der Waals surface area contributed by atoms with Crippen molar-refractivity contribution in [1.29, 1.82) is 0 Å². The van der Waals surface area contributed by atoms with Crippen LogP contribution < -0.4 is 5.73 Å². The molecule has 0 bridgehead atoms.